The van der Waals surface area contributed by atoms with Crippen LogP contribution in [0.2, 0.25) is 0 Å². The number of nitrogens with one attached hydrogen (secondary N) is 1. The van der Waals surface area contributed by atoms with Crippen molar-refractivity contribution in [2.24, 2.45) is 13.0 Å². The van der Waals surface area contributed by atoms with Gasteiger partial charge in [0.1, 0.15) is 11.9 Å². The molecule has 1 saturated carbocycles. The normalized spacial score (nSPS) is 32.8. The lowest BCUT2D eigenvalue weighted by Gasteiger charge is -2.36. The van der Waals surface area contributed by atoms with E-state index >= 15 is 0 Å². The molecule has 134 valence electrons. The summed E-state index contributed by atoms with van der Waals surface area (Å²) in [5.41, 5.74) is 1.49. The third kappa shape index (κ3) is 3.65. The van der Waals surface area contributed by atoms with Crippen LogP contribution in [0.25, 0.3) is 0 Å². The highest BCUT2D eigenvalue weighted by molar-refractivity contribution is 5.20. The Morgan fingerprint density at radius 2 is 2.00 bits per heavy atom. The fraction of sp³-hybridized carbons (Fsp3) is 0.571. The molecule has 2 aliphatic rings. The summed E-state index contributed by atoms with van der Waals surface area (Å²) in [6.45, 7) is 3.21. The van der Waals surface area contributed by atoms with Crippen LogP contribution in [0.1, 0.15) is 56.0 Å². The number of nitrogens with zero attached hydrogens (tertiary/aromatic N) is 2. The first-order valence-electron chi connectivity index (χ1n) is 9.60. The number of hydrogen-bond donors (Lipinski definition) is 1. The number of hydrogen-bond acceptors (Lipinski definition) is 3. The molecule has 2 fully saturated rings. The Bertz CT molecular complexity index is 683. The van der Waals surface area contributed by atoms with E-state index in [-0.39, 0.29) is 6.10 Å². The third-order valence-corrected chi connectivity index (χ3v) is 5.87. The number of aryl methyl sites for hydroxylation is 1. The van der Waals surface area contributed by atoms with Crippen LogP contribution in [0.15, 0.2) is 42.7 Å². The van der Waals surface area contributed by atoms with Gasteiger partial charge in [0.2, 0.25) is 0 Å². The first-order valence-corrected chi connectivity index (χ1v) is 9.60. The summed E-state index contributed by atoms with van der Waals surface area (Å²) >= 11 is 0. The third-order valence-electron chi connectivity index (χ3n) is 5.87. The summed E-state index contributed by atoms with van der Waals surface area (Å²) in [7, 11) is 2.05. The summed E-state index contributed by atoms with van der Waals surface area (Å²) in [5, 5.41) is 3.94. The van der Waals surface area contributed by atoms with E-state index in [9.17, 15) is 0 Å². The molecule has 4 rings (SSSR count). The highest BCUT2D eigenvalue weighted by Gasteiger charge is 2.36. The van der Waals surface area contributed by atoms with E-state index in [1.165, 1.54) is 24.8 Å². The van der Waals surface area contributed by atoms with Crippen molar-refractivity contribution in [3.63, 3.8) is 0 Å². The monoisotopic (exact) mass is 339 g/mol. The van der Waals surface area contributed by atoms with E-state index in [0.29, 0.717) is 18.0 Å². The molecule has 0 radical (unpaired) electrons. The summed E-state index contributed by atoms with van der Waals surface area (Å²) in [6.07, 6.45) is 8.78. The molecule has 1 N–H and O–H groups in total. The van der Waals surface area contributed by atoms with Gasteiger partial charge in [-0.2, -0.15) is 0 Å². The minimum absolute atomic E-state index is 0.0763. The van der Waals surface area contributed by atoms with Crippen molar-refractivity contribution in [2.45, 2.75) is 56.7 Å². The van der Waals surface area contributed by atoms with E-state index in [0.717, 1.165) is 24.8 Å². The van der Waals surface area contributed by atoms with Crippen molar-refractivity contribution < 1.29 is 4.74 Å². The van der Waals surface area contributed by atoms with Gasteiger partial charge < -0.3 is 14.6 Å². The van der Waals surface area contributed by atoms with Crippen LogP contribution in [-0.4, -0.2) is 28.2 Å². The molecule has 1 aromatic carbocycles. The molecule has 0 bridgehead atoms. The summed E-state index contributed by atoms with van der Waals surface area (Å²) in [6, 6.07) is 11.9. The van der Waals surface area contributed by atoms with Crippen molar-refractivity contribution in [3.05, 3.63) is 54.1 Å². The Morgan fingerprint density at radius 1 is 1.16 bits per heavy atom. The van der Waals surface area contributed by atoms with Gasteiger partial charge in [0.15, 0.2) is 0 Å². The smallest absolute Gasteiger partial charge is 0.139 e. The Kier molecular flexibility index (Phi) is 4.91. The van der Waals surface area contributed by atoms with Gasteiger partial charge in [-0.1, -0.05) is 37.3 Å². The lowest BCUT2D eigenvalue weighted by Crippen LogP contribution is -2.44. The molecule has 1 aliphatic carbocycles. The Morgan fingerprint density at radius 3 is 2.76 bits per heavy atom. The molecular formula is C21H29N3O. The highest BCUT2D eigenvalue weighted by atomic mass is 16.5. The molecule has 2 aromatic rings. The average Bonchev–Trinajstić information content (AvgIpc) is 3.23. The SMILES string of the molecule is C[C@@H]1C[C@H](N[C@H]2CCO[C@@H]2c2nccn2C)C[C@@H](c2ccccc2)C1. The summed E-state index contributed by atoms with van der Waals surface area (Å²) in [4.78, 5) is 4.52. The van der Waals surface area contributed by atoms with E-state index in [1.807, 2.05) is 12.4 Å². The van der Waals surface area contributed by atoms with Crippen LogP contribution in [0, 0.1) is 5.92 Å². The quantitative estimate of drug-likeness (QED) is 0.920. The zero-order valence-electron chi connectivity index (χ0n) is 15.3. The molecule has 4 heteroatoms. The van der Waals surface area contributed by atoms with Crippen molar-refractivity contribution in [3.8, 4) is 0 Å². The van der Waals surface area contributed by atoms with E-state index in [4.69, 9.17) is 4.74 Å². The number of ether oxygens (including phenoxy) is 1. The second-order valence-corrected chi connectivity index (χ2v) is 7.87. The lowest BCUT2D eigenvalue weighted by atomic mass is 9.76. The van der Waals surface area contributed by atoms with Gasteiger partial charge >= 0.3 is 0 Å². The van der Waals surface area contributed by atoms with Crippen molar-refractivity contribution in [2.75, 3.05) is 6.61 Å². The predicted molar refractivity (Wildman–Crippen MR) is 99.4 cm³/mol. The van der Waals surface area contributed by atoms with Crippen LogP contribution >= 0.6 is 0 Å². The van der Waals surface area contributed by atoms with Crippen molar-refractivity contribution in [1.29, 1.82) is 0 Å². The molecule has 25 heavy (non-hydrogen) atoms. The van der Waals surface area contributed by atoms with Crippen LogP contribution in [-0.2, 0) is 11.8 Å². The van der Waals surface area contributed by atoms with Gasteiger partial charge in [-0.05, 0) is 43.1 Å². The van der Waals surface area contributed by atoms with Gasteiger partial charge in [-0.3, -0.25) is 0 Å². The molecule has 4 nitrogen and oxygen atoms in total. The first-order chi connectivity index (χ1) is 12.2. The van der Waals surface area contributed by atoms with Gasteiger partial charge in [-0.15, -0.1) is 0 Å². The minimum atomic E-state index is 0.0763. The minimum Gasteiger partial charge on any atom is -0.369 e. The molecule has 5 atom stereocenters. The van der Waals surface area contributed by atoms with E-state index < -0.39 is 0 Å². The number of benzene rings is 1. The molecular weight excluding hydrogens is 310 g/mol. The molecule has 1 aliphatic heterocycles. The van der Waals surface area contributed by atoms with Crippen LogP contribution in [0.4, 0.5) is 0 Å². The van der Waals surface area contributed by atoms with Crippen LogP contribution < -0.4 is 5.32 Å². The Labute approximate surface area is 150 Å². The zero-order valence-corrected chi connectivity index (χ0v) is 15.3. The zero-order chi connectivity index (χ0) is 17.2. The van der Waals surface area contributed by atoms with Gasteiger partial charge in [0.05, 0.1) is 0 Å². The van der Waals surface area contributed by atoms with Crippen LogP contribution in [0.5, 0.6) is 0 Å². The van der Waals surface area contributed by atoms with Crippen LogP contribution in [0.3, 0.4) is 0 Å². The second-order valence-electron chi connectivity index (χ2n) is 7.87. The summed E-state index contributed by atoms with van der Waals surface area (Å²) < 4.78 is 8.11. The number of rotatable bonds is 4. The van der Waals surface area contributed by atoms with E-state index in [2.05, 4.69) is 59.2 Å². The van der Waals surface area contributed by atoms with Gasteiger partial charge in [0.25, 0.3) is 0 Å². The fourth-order valence-corrected chi connectivity index (χ4v) is 4.71. The van der Waals surface area contributed by atoms with Crippen molar-refractivity contribution in [1.82, 2.24) is 14.9 Å². The van der Waals surface area contributed by atoms with Crippen molar-refractivity contribution >= 4 is 0 Å². The average molecular weight is 339 g/mol. The standard InChI is InChI=1S/C21H29N3O/c1-15-12-17(16-6-4-3-5-7-16)14-18(13-15)23-19-8-11-25-20(19)21-22-9-10-24(21)2/h3-7,9-10,15,17-20,23H,8,11-14H2,1-2H3/t15-,17-,18-,19-,20-/m0/s1. The maximum Gasteiger partial charge on any atom is 0.139 e. The molecule has 1 aromatic heterocycles. The molecule has 0 unspecified atom stereocenters. The topological polar surface area (TPSA) is 39.1 Å². The predicted octanol–water partition coefficient (Wildman–Crippen LogP) is 3.81. The fourth-order valence-electron chi connectivity index (χ4n) is 4.71. The van der Waals surface area contributed by atoms with E-state index in [1.54, 1.807) is 0 Å². The van der Waals surface area contributed by atoms with Gasteiger partial charge in [-0.25, -0.2) is 4.98 Å². The Balaban J connectivity index is 1.45. The Hall–Kier alpha value is -1.65. The highest BCUT2D eigenvalue weighted by Crippen LogP contribution is 2.37. The lowest BCUT2D eigenvalue weighted by molar-refractivity contribution is 0.0842. The summed E-state index contributed by atoms with van der Waals surface area (Å²) in [5.74, 6) is 2.46. The molecule has 2 heterocycles. The maximum atomic E-state index is 6.02. The second kappa shape index (κ2) is 7.30. The molecule has 0 spiro atoms. The molecule has 0 amide bonds. The largest absolute Gasteiger partial charge is 0.369 e. The van der Waals surface area contributed by atoms with Gasteiger partial charge in [0, 0.05) is 38.1 Å². The first kappa shape index (κ1) is 16.8. The molecule has 1 saturated heterocycles. The number of imidazole rings is 1. The number of aromatic nitrogens is 2. The maximum absolute atomic E-state index is 6.02.